The molecule has 154 valence electrons. The van der Waals surface area contributed by atoms with E-state index in [2.05, 4.69) is 10.1 Å². The Morgan fingerprint density at radius 2 is 1.97 bits per heavy atom. The van der Waals surface area contributed by atoms with Gasteiger partial charge in [0.15, 0.2) is 4.80 Å². The Bertz CT molecular complexity index is 1360. The fraction of sp³-hybridized carbons (Fsp3) is 0.238. The van der Waals surface area contributed by atoms with E-state index in [1.807, 2.05) is 26.1 Å². The van der Waals surface area contributed by atoms with Crippen molar-refractivity contribution in [3.8, 4) is 5.75 Å². The van der Waals surface area contributed by atoms with E-state index < -0.39 is 11.9 Å². The van der Waals surface area contributed by atoms with Crippen molar-refractivity contribution in [3.05, 3.63) is 78.2 Å². The summed E-state index contributed by atoms with van der Waals surface area (Å²) >= 11 is 1.28. The molecule has 4 rings (SSSR count). The maximum absolute atomic E-state index is 13.4. The molecule has 1 unspecified atom stereocenters. The van der Waals surface area contributed by atoms with E-state index in [0.717, 1.165) is 16.8 Å². The van der Waals surface area contributed by atoms with Gasteiger partial charge in [0.2, 0.25) is 5.91 Å². The molecule has 9 heteroatoms. The van der Waals surface area contributed by atoms with Crippen LogP contribution in [0.5, 0.6) is 5.75 Å². The van der Waals surface area contributed by atoms with Crippen LogP contribution in [-0.2, 0) is 11.8 Å². The minimum atomic E-state index is -0.651. The maximum Gasteiger partial charge on any atom is 0.271 e. The van der Waals surface area contributed by atoms with Crippen molar-refractivity contribution >= 4 is 23.3 Å². The molecule has 8 nitrogen and oxygen atoms in total. The van der Waals surface area contributed by atoms with Crippen molar-refractivity contribution in [2.75, 3.05) is 7.11 Å². The number of hydrogen-bond donors (Lipinski definition) is 1. The van der Waals surface area contributed by atoms with Crippen LogP contribution in [0.4, 0.5) is 0 Å². The lowest BCUT2D eigenvalue weighted by Gasteiger charge is -2.24. The van der Waals surface area contributed by atoms with Crippen molar-refractivity contribution in [2.45, 2.75) is 19.9 Å². The molecule has 0 spiro atoms. The first kappa shape index (κ1) is 19.8. The lowest BCUT2D eigenvalue weighted by Crippen LogP contribution is -2.40. The Balaban J connectivity index is 1.97. The fourth-order valence-electron chi connectivity index (χ4n) is 3.54. The Hall–Kier alpha value is -3.46. The van der Waals surface area contributed by atoms with Crippen LogP contribution in [0.1, 0.15) is 29.8 Å². The Kier molecular flexibility index (Phi) is 4.90. The van der Waals surface area contributed by atoms with Gasteiger partial charge in [0.25, 0.3) is 5.56 Å². The standard InChI is InChI=1S/C21H21N5O3S/c1-11-17(19(22)27)18(13-5-7-15(29-4)8-6-13)26-20(28)16(30-21(26)24-11)9-14-10-23-25(3)12(14)2/h5-10,18H,1-4H3,(H2,22,27)/b16-9+. The SMILES string of the molecule is COc1ccc(C2C(C(N)=O)=C(C)N=c3s/c(=C/c4cnn(C)c4C)c(=O)n32)cc1. The topological polar surface area (TPSA) is 104 Å². The first-order valence-electron chi connectivity index (χ1n) is 9.26. The summed E-state index contributed by atoms with van der Waals surface area (Å²) in [6, 6.07) is 6.58. The number of benzene rings is 1. The Morgan fingerprint density at radius 1 is 1.27 bits per heavy atom. The fourth-order valence-corrected chi connectivity index (χ4v) is 4.57. The van der Waals surface area contributed by atoms with E-state index in [1.54, 1.807) is 43.1 Å². The smallest absolute Gasteiger partial charge is 0.271 e. The lowest BCUT2D eigenvalue weighted by molar-refractivity contribution is -0.115. The third-order valence-corrected chi connectivity index (χ3v) is 6.26. The van der Waals surface area contributed by atoms with Crippen LogP contribution in [0.15, 0.2) is 51.5 Å². The number of carbonyl (C=O) groups excluding carboxylic acids is 1. The average Bonchev–Trinajstić information content (AvgIpc) is 3.20. The zero-order valence-corrected chi connectivity index (χ0v) is 17.9. The van der Waals surface area contributed by atoms with Gasteiger partial charge in [0.05, 0.1) is 35.2 Å². The van der Waals surface area contributed by atoms with Gasteiger partial charge in [0.1, 0.15) is 5.75 Å². The molecule has 1 atom stereocenters. The number of hydrogen-bond acceptors (Lipinski definition) is 6. The molecule has 1 aromatic carbocycles. The number of thiazole rings is 1. The molecule has 0 bridgehead atoms. The van der Waals surface area contributed by atoms with Crippen LogP contribution in [0.2, 0.25) is 0 Å². The highest BCUT2D eigenvalue weighted by molar-refractivity contribution is 7.07. The van der Waals surface area contributed by atoms with Crippen LogP contribution in [0, 0.1) is 6.92 Å². The van der Waals surface area contributed by atoms with Gasteiger partial charge < -0.3 is 10.5 Å². The molecular formula is C21H21N5O3S. The molecule has 2 aromatic heterocycles. The van der Waals surface area contributed by atoms with E-state index in [-0.39, 0.29) is 5.56 Å². The van der Waals surface area contributed by atoms with E-state index in [0.29, 0.717) is 26.4 Å². The number of primary amides is 1. The molecule has 1 aliphatic rings. The molecule has 0 saturated carbocycles. The first-order chi connectivity index (χ1) is 14.3. The zero-order valence-electron chi connectivity index (χ0n) is 17.0. The molecule has 0 aliphatic carbocycles. The van der Waals surface area contributed by atoms with Crippen LogP contribution >= 0.6 is 11.3 Å². The third-order valence-electron chi connectivity index (χ3n) is 5.28. The summed E-state index contributed by atoms with van der Waals surface area (Å²) in [7, 11) is 3.43. The van der Waals surface area contributed by atoms with Crippen molar-refractivity contribution in [3.63, 3.8) is 0 Å². The van der Waals surface area contributed by atoms with Gasteiger partial charge in [-0.1, -0.05) is 23.5 Å². The molecule has 0 fully saturated rings. The largest absolute Gasteiger partial charge is 0.497 e. The summed E-state index contributed by atoms with van der Waals surface area (Å²) in [6.07, 6.45) is 3.52. The monoisotopic (exact) mass is 423 g/mol. The molecule has 0 radical (unpaired) electrons. The molecular weight excluding hydrogens is 402 g/mol. The predicted molar refractivity (Wildman–Crippen MR) is 114 cm³/mol. The van der Waals surface area contributed by atoms with Crippen molar-refractivity contribution in [2.24, 2.45) is 17.8 Å². The highest BCUT2D eigenvalue weighted by atomic mass is 32.1. The second kappa shape index (κ2) is 7.42. The number of aromatic nitrogens is 3. The number of methoxy groups -OCH3 is 1. The predicted octanol–water partition coefficient (Wildman–Crippen LogP) is 0.771. The van der Waals surface area contributed by atoms with Gasteiger partial charge >= 0.3 is 0 Å². The summed E-state index contributed by atoms with van der Waals surface area (Å²) in [5, 5.41) is 4.23. The highest BCUT2D eigenvalue weighted by Crippen LogP contribution is 2.30. The summed E-state index contributed by atoms with van der Waals surface area (Å²) in [5.41, 5.74) is 8.83. The number of allylic oxidation sites excluding steroid dienone is 1. The molecule has 3 heterocycles. The second-order valence-electron chi connectivity index (χ2n) is 7.03. The number of nitrogens with zero attached hydrogens (tertiary/aromatic N) is 4. The third kappa shape index (κ3) is 3.17. The van der Waals surface area contributed by atoms with Crippen LogP contribution < -0.4 is 25.4 Å². The molecule has 3 aromatic rings. The average molecular weight is 423 g/mol. The molecule has 1 amide bonds. The zero-order chi connectivity index (χ0) is 21.6. The van der Waals surface area contributed by atoms with Gasteiger partial charge in [0, 0.05) is 18.3 Å². The summed E-state index contributed by atoms with van der Waals surface area (Å²) in [6.45, 7) is 3.67. The molecule has 30 heavy (non-hydrogen) atoms. The minimum absolute atomic E-state index is 0.228. The summed E-state index contributed by atoms with van der Waals surface area (Å²) in [5.74, 6) is 0.0778. The van der Waals surface area contributed by atoms with Crippen molar-refractivity contribution < 1.29 is 9.53 Å². The summed E-state index contributed by atoms with van der Waals surface area (Å²) in [4.78, 5) is 30.7. The summed E-state index contributed by atoms with van der Waals surface area (Å²) < 4.78 is 9.03. The lowest BCUT2D eigenvalue weighted by atomic mass is 9.95. The van der Waals surface area contributed by atoms with Crippen molar-refractivity contribution in [1.82, 2.24) is 14.3 Å². The maximum atomic E-state index is 13.4. The van der Waals surface area contributed by atoms with Crippen LogP contribution in [0.25, 0.3) is 6.08 Å². The minimum Gasteiger partial charge on any atom is -0.497 e. The number of aryl methyl sites for hydroxylation is 1. The van der Waals surface area contributed by atoms with Gasteiger partial charge in [-0.25, -0.2) is 4.99 Å². The number of carbonyl (C=O) groups is 1. The van der Waals surface area contributed by atoms with Crippen LogP contribution in [-0.4, -0.2) is 27.4 Å². The van der Waals surface area contributed by atoms with E-state index >= 15 is 0 Å². The Labute approximate surface area is 176 Å². The number of amides is 1. The quantitative estimate of drug-likeness (QED) is 0.669. The van der Waals surface area contributed by atoms with Gasteiger partial charge in [-0.2, -0.15) is 5.10 Å². The second-order valence-corrected chi connectivity index (χ2v) is 8.04. The first-order valence-corrected chi connectivity index (χ1v) is 10.1. The normalized spacial score (nSPS) is 16.4. The van der Waals surface area contributed by atoms with E-state index in [4.69, 9.17) is 10.5 Å². The van der Waals surface area contributed by atoms with Gasteiger partial charge in [-0.05, 0) is 37.6 Å². The molecule has 0 saturated heterocycles. The number of fused-ring (bicyclic) bond motifs is 1. The van der Waals surface area contributed by atoms with Crippen LogP contribution in [0.3, 0.4) is 0 Å². The Morgan fingerprint density at radius 3 is 2.53 bits per heavy atom. The van der Waals surface area contributed by atoms with Crippen molar-refractivity contribution in [1.29, 1.82) is 0 Å². The van der Waals surface area contributed by atoms with Gasteiger partial charge in [-0.3, -0.25) is 18.8 Å². The highest BCUT2D eigenvalue weighted by Gasteiger charge is 2.31. The van der Waals surface area contributed by atoms with Gasteiger partial charge in [-0.15, -0.1) is 0 Å². The van der Waals surface area contributed by atoms with E-state index in [9.17, 15) is 9.59 Å². The molecule has 2 N–H and O–H groups in total. The molecule has 1 aliphatic heterocycles. The number of nitrogens with two attached hydrogens (primary N) is 1. The number of rotatable bonds is 4. The van der Waals surface area contributed by atoms with E-state index in [1.165, 1.54) is 15.9 Å². The number of ether oxygens (including phenoxy) is 1.